The summed E-state index contributed by atoms with van der Waals surface area (Å²) < 4.78 is 0. The van der Waals surface area contributed by atoms with Gasteiger partial charge in [-0.1, -0.05) is 12.1 Å². The average Bonchev–Trinajstić information content (AvgIpc) is 2.18. The van der Waals surface area contributed by atoms with Gasteiger partial charge in [0.1, 0.15) is 0 Å². The van der Waals surface area contributed by atoms with Crippen LogP contribution in [0.2, 0.25) is 0 Å². The van der Waals surface area contributed by atoms with Gasteiger partial charge >= 0.3 is 5.97 Å². The van der Waals surface area contributed by atoms with E-state index in [0.717, 1.165) is 0 Å². The smallest absolute Gasteiger partial charge is 0.332 e. The third-order valence-electron chi connectivity index (χ3n) is 1.77. The highest BCUT2D eigenvalue weighted by Gasteiger charge is 2.13. The van der Waals surface area contributed by atoms with Crippen molar-refractivity contribution in [1.82, 2.24) is 0 Å². The molecule has 1 rings (SSSR count). The minimum absolute atomic E-state index is 0.0187. The number of carboxylic acids is 1. The summed E-state index contributed by atoms with van der Waals surface area (Å²) in [7, 11) is 0. The summed E-state index contributed by atoms with van der Waals surface area (Å²) in [6, 6.07) is 8.45. The second kappa shape index (κ2) is 4.40. The van der Waals surface area contributed by atoms with E-state index in [4.69, 9.17) is 15.5 Å². The van der Waals surface area contributed by atoms with Crippen molar-refractivity contribution in [1.29, 1.82) is 5.26 Å². The van der Waals surface area contributed by atoms with E-state index in [0.29, 0.717) is 11.1 Å². The molecule has 0 bridgehead atoms. The lowest BCUT2D eigenvalue weighted by atomic mass is 10.1. The monoisotopic (exact) mass is 191 g/mol. The molecule has 14 heavy (non-hydrogen) atoms. The molecule has 0 unspecified atom stereocenters. The van der Waals surface area contributed by atoms with Crippen LogP contribution in [0.15, 0.2) is 24.3 Å². The predicted octanol–water partition coefficient (Wildman–Crippen LogP) is 0.546. The minimum Gasteiger partial charge on any atom is -0.479 e. The lowest BCUT2D eigenvalue weighted by molar-refractivity contribution is -0.146. The van der Waals surface area contributed by atoms with Gasteiger partial charge in [0.05, 0.1) is 11.6 Å². The highest BCUT2D eigenvalue weighted by molar-refractivity contribution is 5.72. The van der Waals surface area contributed by atoms with Gasteiger partial charge in [0.15, 0.2) is 6.10 Å². The Morgan fingerprint density at radius 2 is 2.29 bits per heavy atom. The minimum atomic E-state index is -1.41. The van der Waals surface area contributed by atoms with E-state index in [-0.39, 0.29) is 6.42 Å². The Morgan fingerprint density at radius 3 is 2.86 bits per heavy atom. The number of hydrogen-bond donors (Lipinski definition) is 2. The van der Waals surface area contributed by atoms with Crippen molar-refractivity contribution in [2.75, 3.05) is 0 Å². The molecule has 0 heterocycles. The van der Waals surface area contributed by atoms with Crippen LogP contribution >= 0.6 is 0 Å². The van der Waals surface area contributed by atoms with E-state index in [9.17, 15) is 4.79 Å². The van der Waals surface area contributed by atoms with E-state index < -0.39 is 12.1 Å². The molecule has 0 aliphatic carbocycles. The topological polar surface area (TPSA) is 81.3 Å². The van der Waals surface area contributed by atoms with E-state index in [1.165, 1.54) is 0 Å². The van der Waals surface area contributed by atoms with Crippen LogP contribution in [0.3, 0.4) is 0 Å². The second-order valence-corrected chi connectivity index (χ2v) is 2.87. The lowest BCUT2D eigenvalue weighted by Crippen LogP contribution is -2.21. The van der Waals surface area contributed by atoms with Crippen LogP contribution in [0.4, 0.5) is 0 Å². The first-order valence-electron chi connectivity index (χ1n) is 4.03. The quantitative estimate of drug-likeness (QED) is 0.730. The standard InChI is InChI=1S/C10H9NO3/c11-6-8-3-1-2-7(4-8)5-9(12)10(13)14/h1-4,9,12H,5H2,(H,13,14)/t9-/m0/s1. The summed E-state index contributed by atoms with van der Waals surface area (Å²) in [5.41, 5.74) is 1.10. The molecule has 1 aromatic carbocycles. The number of nitriles is 1. The van der Waals surface area contributed by atoms with Gasteiger partial charge in [-0.05, 0) is 17.7 Å². The number of aliphatic carboxylic acids is 1. The summed E-state index contributed by atoms with van der Waals surface area (Å²) in [4.78, 5) is 10.3. The molecule has 1 atom stereocenters. The molecule has 0 aliphatic rings. The zero-order chi connectivity index (χ0) is 10.6. The first kappa shape index (κ1) is 10.2. The summed E-state index contributed by atoms with van der Waals surface area (Å²) in [5.74, 6) is -1.26. The number of aliphatic hydroxyl groups is 1. The van der Waals surface area contributed by atoms with Gasteiger partial charge in [-0.25, -0.2) is 4.79 Å². The number of aliphatic hydroxyl groups excluding tert-OH is 1. The van der Waals surface area contributed by atoms with Crippen molar-refractivity contribution in [2.45, 2.75) is 12.5 Å². The van der Waals surface area contributed by atoms with Gasteiger partial charge in [-0.15, -0.1) is 0 Å². The Kier molecular flexibility index (Phi) is 3.21. The number of rotatable bonds is 3. The van der Waals surface area contributed by atoms with Crippen molar-refractivity contribution in [3.8, 4) is 6.07 Å². The highest BCUT2D eigenvalue weighted by Crippen LogP contribution is 2.07. The fraction of sp³-hybridized carbons (Fsp3) is 0.200. The Hall–Kier alpha value is -1.86. The number of carbonyl (C=O) groups is 1. The van der Waals surface area contributed by atoms with Gasteiger partial charge in [0.2, 0.25) is 0 Å². The van der Waals surface area contributed by atoms with Crippen molar-refractivity contribution in [3.63, 3.8) is 0 Å². The van der Waals surface area contributed by atoms with Crippen LogP contribution in [0.25, 0.3) is 0 Å². The SMILES string of the molecule is N#Cc1cccc(C[C@H](O)C(=O)O)c1. The van der Waals surface area contributed by atoms with E-state index in [2.05, 4.69) is 0 Å². The molecule has 72 valence electrons. The van der Waals surface area contributed by atoms with E-state index in [1.807, 2.05) is 6.07 Å². The molecule has 0 aliphatic heterocycles. The van der Waals surface area contributed by atoms with Crippen molar-refractivity contribution in [2.24, 2.45) is 0 Å². The number of nitrogens with zero attached hydrogens (tertiary/aromatic N) is 1. The fourth-order valence-electron chi connectivity index (χ4n) is 1.08. The normalized spacial score (nSPS) is 11.7. The molecular weight excluding hydrogens is 182 g/mol. The van der Waals surface area contributed by atoms with Gasteiger partial charge < -0.3 is 10.2 Å². The number of carboxylic acid groups (broad SMARTS) is 1. The summed E-state index contributed by atoms with van der Waals surface area (Å²) in [5, 5.41) is 26.1. The fourth-order valence-corrected chi connectivity index (χ4v) is 1.08. The van der Waals surface area contributed by atoms with Crippen LogP contribution in [0, 0.1) is 11.3 Å². The second-order valence-electron chi connectivity index (χ2n) is 2.87. The largest absolute Gasteiger partial charge is 0.479 e. The third-order valence-corrected chi connectivity index (χ3v) is 1.77. The van der Waals surface area contributed by atoms with Crippen molar-refractivity contribution in [3.05, 3.63) is 35.4 Å². The Morgan fingerprint density at radius 1 is 1.57 bits per heavy atom. The van der Waals surface area contributed by atoms with E-state index in [1.54, 1.807) is 24.3 Å². The van der Waals surface area contributed by atoms with Crippen LogP contribution < -0.4 is 0 Å². The molecule has 0 spiro atoms. The first-order valence-corrected chi connectivity index (χ1v) is 4.03. The van der Waals surface area contributed by atoms with Crippen molar-refractivity contribution < 1.29 is 15.0 Å². The average molecular weight is 191 g/mol. The van der Waals surface area contributed by atoms with Crippen LogP contribution in [0.5, 0.6) is 0 Å². The molecule has 0 saturated carbocycles. The summed E-state index contributed by atoms with van der Waals surface area (Å²) in [6.07, 6.45) is -1.39. The highest BCUT2D eigenvalue weighted by atomic mass is 16.4. The van der Waals surface area contributed by atoms with Crippen molar-refractivity contribution >= 4 is 5.97 Å². The predicted molar refractivity (Wildman–Crippen MR) is 48.5 cm³/mol. The zero-order valence-electron chi connectivity index (χ0n) is 7.34. The van der Waals surface area contributed by atoms with Gasteiger partial charge in [0.25, 0.3) is 0 Å². The maximum absolute atomic E-state index is 10.3. The molecule has 0 fully saturated rings. The Bertz CT molecular complexity index is 381. The van der Waals surface area contributed by atoms with Gasteiger partial charge in [-0.3, -0.25) is 0 Å². The molecule has 4 nitrogen and oxygen atoms in total. The number of hydrogen-bond acceptors (Lipinski definition) is 3. The van der Waals surface area contributed by atoms with Crippen LogP contribution in [-0.2, 0) is 11.2 Å². The van der Waals surface area contributed by atoms with Gasteiger partial charge in [0, 0.05) is 6.42 Å². The molecule has 0 saturated heterocycles. The Balaban J connectivity index is 2.78. The molecule has 4 heteroatoms. The maximum Gasteiger partial charge on any atom is 0.332 e. The maximum atomic E-state index is 10.3. The third kappa shape index (κ3) is 2.57. The molecule has 0 amide bonds. The molecule has 1 aromatic rings. The molecule has 2 N–H and O–H groups in total. The van der Waals surface area contributed by atoms with Gasteiger partial charge in [-0.2, -0.15) is 5.26 Å². The van der Waals surface area contributed by atoms with Crippen LogP contribution in [0.1, 0.15) is 11.1 Å². The van der Waals surface area contributed by atoms with E-state index >= 15 is 0 Å². The van der Waals surface area contributed by atoms with Crippen LogP contribution in [-0.4, -0.2) is 22.3 Å². The zero-order valence-corrected chi connectivity index (χ0v) is 7.34. The molecule has 0 radical (unpaired) electrons. The first-order chi connectivity index (χ1) is 6.63. The lowest BCUT2D eigenvalue weighted by Gasteiger charge is -2.04. The number of benzene rings is 1. The Labute approximate surface area is 81.0 Å². The summed E-state index contributed by atoms with van der Waals surface area (Å²) >= 11 is 0. The molecule has 0 aromatic heterocycles. The molecular formula is C10H9NO3. The summed E-state index contributed by atoms with van der Waals surface area (Å²) in [6.45, 7) is 0.